The van der Waals surface area contributed by atoms with Crippen molar-refractivity contribution in [3.63, 3.8) is 0 Å². The van der Waals surface area contributed by atoms with Gasteiger partial charge >= 0.3 is 11.7 Å². The molecule has 1 aromatic carbocycles. The number of nitro groups is 1. The van der Waals surface area contributed by atoms with Crippen molar-refractivity contribution >= 4 is 23.3 Å². The molecule has 7 heteroatoms. The SMILES string of the molecule is O=C1OCCC1Oc1ccc(Cl)cc1[N+](=O)[O-]. The smallest absolute Gasteiger partial charge is 0.347 e. The molecule has 0 aromatic heterocycles. The molecule has 0 spiro atoms. The summed E-state index contributed by atoms with van der Waals surface area (Å²) in [7, 11) is 0. The maximum atomic E-state index is 11.2. The van der Waals surface area contributed by atoms with Crippen molar-refractivity contribution in [1.29, 1.82) is 0 Å². The summed E-state index contributed by atoms with van der Waals surface area (Å²) in [4.78, 5) is 21.4. The van der Waals surface area contributed by atoms with Crippen LogP contribution in [-0.4, -0.2) is 23.6 Å². The highest BCUT2D eigenvalue weighted by Crippen LogP contribution is 2.31. The Kier molecular flexibility index (Phi) is 3.14. The lowest BCUT2D eigenvalue weighted by atomic mass is 10.2. The molecule has 0 amide bonds. The van der Waals surface area contributed by atoms with Gasteiger partial charge in [-0.15, -0.1) is 0 Å². The lowest BCUT2D eigenvalue weighted by Gasteiger charge is -2.09. The first-order valence-electron chi connectivity index (χ1n) is 4.85. The zero-order valence-corrected chi connectivity index (χ0v) is 9.35. The number of ether oxygens (including phenoxy) is 2. The summed E-state index contributed by atoms with van der Waals surface area (Å²) in [6.07, 6.45) is -0.395. The summed E-state index contributed by atoms with van der Waals surface area (Å²) in [5.74, 6) is -0.488. The molecule has 1 fully saturated rings. The largest absolute Gasteiger partial charge is 0.471 e. The van der Waals surface area contributed by atoms with Crippen molar-refractivity contribution < 1.29 is 19.2 Å². The Hall–Kier alpha value is -1.82. The van der Waals surface area contributed by atoms with Crippen LogP contribution in [-0.2, 0) is 9.53 Å². The number of hydrogen-bond donors (Lipinski definition) is 0. The van der Waals surface area contributed by atoms with Crippen molar-refractivity contribution in [2.24, 2.45) is 0 Å². The number of carbonyl (C=O) groups excluding carboxylic acids is 1. The van der Waals surface area contributed by atoms with E-state index < -0.39 is 17.0 Å². The second-order valence-corrected chi connectivity index (χ2v) is 3.87. The Balaban J connectivity index is 2.25. The minimum Gasteiger partial charge on any atom is -0.471 e. The fraction of sp³-hybridized carbons (Fsp3) is 0.300. The van der Waals surface area contributed by atoms with Crippen molar-refractivity contribution in [2.75, 3.05) is 6.61 Å². The summed E-state index contributed by atoms with van der Waals surface area (Å²) >= 11 is 5.65. The minimum absolute atomic E-state index is 0.0169. The van der Waals surface area contributed by atoms with Crippen molar-refractivity contribution in [3.8, 4) is 5.75 Å². The number of cyclic esters (lactones) is 1. The highest BCUT2D eigenvalue weighted by Gasteiger charge is 2.30. The normalized spacial score (nSPS) is 18.9. The van der Waals surface area contributed by atoms with Gasteiger partial charge in [0.25, 0.3) is 0 Å². The highest BCUT2D eigenvalue weighted by molar-refractivity contribution is 6.30. The van der Waals surface area contributed by atoms with Crippen molar-refractivity contribution in [1.82, 2.24) is 0 Å². The minimum atomic E-state index is -0.783. The average Bonchev–Trinajstić information content (AvgIpc) is 2.67. The number of benzene rings is 1. The summed E-state index contributed by atoms with van der Waals surface area (Å²) in [5.41, 5.74) is -0.266. The lowest BCUT2D eigenvalue weighted by molar-refractivity contribution is -0.386. The van der Waals surface area contributed by atoms with Crippen LogP contribution in [0.2, 0.25) is 5.02 Å². The predicted molar refractivity (Wildman–Crippen MR) is 58.1 cm³/mol. The summed E-state index contributed by atoms with van der Waals surface area (Å²) in [6.45, 7) is 0.269. The Bertz CT molecular complexity index is 476. The average molecular weight is 258 g/mol. The molecular weight excluding hydrogens is 250 g/mol. The van der Waals surface area contributed by atoms with Crippen LogP contribution in [0, 0.1) is 10.1 Å². The number of rotatable bonds is 3. The van der Waals surface area contributed by atoms with Gasteiger partial charge in [-0.05, 0) is 12.1 Å². The second-order valence-electron chi connectivity index (χ2n) is 3.43. The standard InChI is InChI=1S/C10H8ClNO5/c11-6-1-2-8(7(5-6)12(14)15)17-9-3-4-16-10(9)13/h1-2,5,9H,3-4H2. The van der Waals surface area contributed by atoms with Crippen LogP contribution in [0.3, 0.4) is 0 Å². The first-order chi connectivity index (χ1) is 8.08. The first kappa shape index (κ1) is 11.7. The Morgan fingerprint density at radius 2 is 2.29 bits per heavy atom. The molecule has 1 saturated heterocycles. The Labute approximate surface area is 101 Å². The molecule has 90 valence electrons. The fourth-order valence-corrected chi connectivity index (χ4v) is 1.64. The Morgan fingerprint density at radius 3 is 2.88 bits per heavy atom. The molecule has 0 radical (unpaired) electrons. The molecular formula is C10H8ClNO5. The molecule has 0 aliphatic carbocycles. The summed E-state index contributed by atoms with van der Waals surface area (Å²) in [6, 6.07) is 4.01. The molecule has 6 nitrogen and oxygen atoms in total. The van der Waals surface area contributed by atoms with E-state index in [-0.39, 0.29) is 23.1 Å². The number of nitrogens with zero attached hydrogens (tertiary/aromatic N) is 1. The molecule has 1 aromatic rings. The first-order valence-corrected chi connectivity index (χ1v) is 5.23. The van der Waals surface area contributed by atoms with Crippen molar-refractivity contribution in [3.05, 3.63) is 33.3 Å². The van der Waals surface area contributed by atoms with Crippen LogP contribution in [0.1, 0.15) is 6.42 Å². The zero-order valence-electron chi connectivity index (χ0n) is 8.59. The van der Waals surface area contributed by atoms with Gasteiger partial charge in [-0.25, -0.2) is 4.79 Å². The van der Waals surface area contributed by atoms with E-state index in [2.05, 4.69) is 0 Å². The quantitative estimate of drug-likeness (QED) is 0.470. The van der Waals surface area contributed by atoms with Gasteiger partial charge in [0.2, 0.25) is 0 Å². The van der Waals surface area contributed by atoms with Crippen LogP contribution in [0.4, 0.5) is 5.69 Å². The van der Waals surface area contributed by atoms with Gasteiger partial charge in [-0.3, -0.25) is 10.1 Å². The molecule has 0 bridgehead atoms. The number of hydrogen-bond acceptors (Lipinski definition) is 5. The maximum absolute atomic E-state index is 11.2. The summed E-state index contributed by atoms with van der Waals surface area (Å²) < 4.78 is 9.96. The van der Waals surface area contributed by atoms with Gasteiger partial charge in [0.15, 0.2) is 11.9 Å². The van der Waals surface area contributed by atoms with E-state index in [1.165, 1.54) is 18.2 Å². The van der Waals surface area contributed by atoms with Crippen LogP contribution >= 0.6 is 11.6 Å². The zero-order chi connectivity index (χ0) is 12.4. The lowest BCUT2D eigenvalue weighted by Crippen LogP contribution is -2.22. The van der Waals surface area contributed by atoms with Gasteiger partial charge in [0.1, 0.15) is 0 Å². The van der Waals surface area contributed by atoms with Gasteiger partial charge in [-0.2, -0.15) is 0 Å². The maximum Gasteiger partial charge on any atom is 0.347 e. The van der Waals surface area contributed by atoms with Crippen LogP contribution in [0.5, 0.6) is 5.75 Å². The molecule has 0 saturated carbocycles. The third-order valence-corrected chi connectivity index (χ3v) is 2.51. The molecule has 0 N–H and O–H groups in total. The van der Waals surface area contributed by atoms with Crippen molar-refractivity contribution in [2.45, 2.75) is 12.5 Å². The molecule has 1 aliphatic heterocycles. The summed E-state index contributed by atoms with van der Waals surface area (Å²) in [5, 5.41) is 11.0. The molecule has 1 atom stereocenters. The molecule has 17 heavy (non-hydrogen) atoms. The predicted octanol–water partition coefficient (Wildman–Crippen LogP) is 1.94. The third kappa shape index (κ3) is 2.47. The van der Waals surface area contributed by atoms with Crippen LogP contribution < -0.4 is 4.74 Å². The molecule has 2 rings (SSSR count). The monoisotopic (exact) mass is 257 g/mol. The number of halogens is 1. The fourth-order valence-electron chi connectivity index (χ4n) is 1.47. The molecule has 1 heterocycles. The van der Waals surface area contributed by atoms with Gasteiger partial charge in [0, 0.05) is 17.5 Å². The second kappa shape index (κ2) is 4.58. The van der Waals surface area contributed by atoms with E-state index in [9.17, 15) is 14.9 Å². The van der Waals surface area contributed by atoms with Crippen LogP contribution in [0.15, 0.2) is 18.2 Å². The van der Waals surface area contributed by atoms with E-state index in [4.69, 9.17) is 21.1 Å². The Morgan fingerprint density at radius 1 is 1.53 bits per heavy atom. The highest BCUT2D eigenvalue weighted by atomic mass is 35.5. The van der Waals surface area contributed by atoms with Gasteiger partial charge < -0.3 is 9.47 Å². The van der Waals surface area contributed by atoms with E-state index in [1.54, 1.807) is 0 Å². The molecule has 1 aliphatic rings. The number of esters is 1. The number of nitro benzene ring substituents is 1. The number of carbonyl (C=O) groups is 1. The van der Waals surface area contributed by atoms with Crippen LogP contribution in [0.25, 0.3) is 0 Å². The third-order valence-electron chi connectivity index (χ3n) is 2.27. The van der Waals surface area contributed by atoms with E-state index in [0.717, 1.165) is 0 Å². The van der Waals surface area contributed by atoms with E-state index in [0.29, 0.717) is 6.42 Å². The molecule has 1 unspecified atom stereocenters. The van der Waals surface area contributed by atoms with Gasteiger partial charge in [-0.1, -0.05) is 11.6 Å². The van der Waals surface area contributed by atoms with E-state index >= 15 is 0 Å². The van der Waals surface area contributed by atoms with Gasteiger partial charge in [0.05, 0.1) is 11.5 Å². The topological polar surface area (TPSA) is 78.7 Å². The van der Waals surface area contributed by atoms with E-state index in [1.807, 2.05) is 0 Å².